The third kappa shape index (κ3) is 2.82. The van der Waals surface area contributed by atoms with Gasteiger partial charge >= 0.3 is 0 Å². The Labute approximate surface area is 124 Å². The first-order chi connectivity index (χ1) is 10.3. The molecule has 3 rings (SSSR count). The lowest BCUT2D eigenvalue weighted by atomic mass is 10.00. The lowest BCUT2D eigenvalue weighted by molar-refractivity contribution is 0.0601. The molecule has 5 nitrogen and oxygen atoms in total. The van der Waals surface area contributed by atoms with E-state index < -0.39 is 0 Å². The van der Waals surface area contributed by atoms with Crippen LogP contribution in [0.25, 0.3) is 5.69 Å². The number of hydrogen-bond acceptors (Lipinski definition) is 3. The molecule has 0 radical (unpaired) electrons. The molecule has 1 aromatic carbocycles. The topological polar surface area (TPSA) is 51.0 Å². The lowest BCUT2D eigenvalue weighted by Gasteiger charge is -2.34. The van der Waals surface area contributed by atoms with Crippen LogP contribution in [0.5, 0.6) is 0 Å². The lowest BCUT2D eigenvalue weighted by Crippen LogP contribution is -2.43. The summed E-state index contributed by atoms with van der Waals surface area (Å²) in [5, 5.41) is 8.55. The molecule has 1 unspecified atom stereocenters. The highest BCUT2D eigenvalue weighted by molar-refractivity contribution is 5.92. The summed E-state index contributed by atoms with van der Waals surface area (Å²) in [7, 11) is 0. The van der Waals surface area contributed by atoms with Gasteiger partial charge in [0.25, 0.3) is 5.91 Å². The number of amides is 1. The average Bonchev–Trinajstić information content (AvgIpc) is 3.05. The van der Waals surface area contributed by atoms with Crippen LogP contribution >= 0.6 is 0 Å². The van der Waals surface area contributed by atoms with E-state index in [9.17, 15) is 4.79 Å². The van der Waals surface area contributed by atoms with Gasteiger partial charge in [0.15, 0.2) is 5.69 Å². The molecule has 5 heteroatoms. The van der Waals surface area contributed by atoms with Crippen molar-refractivity contribution in [3.63, 3.8) is 0 Å². The molecule has 0 aliphatic carbocycles. The van der Waals surface area contributed by atoms with Crippen LogP contribution in [0.4, 0.5) is 0 Å². The van der Waals surface area contributed by atoms with Gasteiger partial charge in [-0.15, -0.1) is 5.10 Å². The van der Waals surface area contributed by atoms with E-state index in [4.69, 9.17) is 0 Å². The number of rotatable bonds is 3. The second kappa shape index (κ2) is 6.08. The predicted molar refractivity (Wildman–Crippen MR) is 80.3 cm³/mol. The van der Waals surface area contributed by atoms with Gasteiger partial charge in [-0.05, 0) is 37.8 Å². The van der Waals surface area contributed by atoms with Gasteiger partial charge in [0.2, 0.25) is 0 Å². The SMILES string of the molecule is CCC1CCCCN1C(=O)c1cnn(-c2ccccc2)n1. The van der Waals surface area contributed by atoms with Crippen LogP contribution in [-0.4, -0.2) is 38.4 Å². The first-order valence-corrected chi connectivity index (χ1v) is 7.58. The maximum absolute atomic E-state index is 12.6. The second-order valence-electron chi connectivity index (χ2n) is 5.41. The van der Waals surface area contributed by atoms with Gasteiger partial charge in [0.1, 0.15) is 0 Å². The van der Waals surface area contributed by atoms with E-state index in [1.807, 2.05) is 35.2 Å². The van der Waals surface area contributed by atoms with E-state index in [2.05, 4.69) is 17.1 Å². The minimum Gasteiger partial charge on any atom is -0.334 e. The third-order valence-electron chi connectivity index (χ3n) is 4.06. The fraction of sp³-hybridized carbons (Fsp3) is 0.438. The number of para-hydroxylation sites is 1. The molecule has 110 valence electrons. The summed E-state index contributed by atoms with van der Waals surface area (Å²) >= 11 is 0. The summed E-state index contributed by atoms with van der Waals surface area (Å²) in [6.45, 7) is 2.96. The summed E-state index contributed by atoms with van der Waals surface area (Å²) in [6.07, 6.45) is 5.94. The van der Waals surface area contributed by atoms with Crippen LogP contribution in [0.3, 0.4) is 0 Å². The van der Waals surface area contributed by atoms with Gasteiger partial charge in [-0.1, -0.05) is 25.1 Å². The molecule has 1 aromatic heterocycles. The van der Waals surface area contributed by atoms with Crippen molar-refractivity contribution in [3.05, 3.63) is 42.2 Å². The van der Waals surface area contributed by atoms with Gasteiger partial charge in [0, 0.05) is 12.6 Å². The molecule has 2 aromatic rings. The minimum absolute atomic E-state index is 0.00345. The van der Waals surface area contributed by atoms with Gasteiger partial charge in [0.05, 0.1) is 11.9 Å². The molecule has 0 saturated carbocycles. The van der Waals surface area contributed by atoms with E-state index in [1.165, 1.54) is 11.2 Å². The molecule has 2 heterocycles. The highest BCUT2D eigenvalue weighted by Crippen LogP contribution is 2.21. The average molecular weight is 284 g/mol. The number of aromatic nitrogens is 3. The fourth-order valence-electron chi connectivity index (χ4n) is 2.89. The van der Waals surface area contributed by atoms with E-state index in [1.54, 1.807) is 6.20 Å². The van der Waals surface area contributed by atoms with E-state index in [0.29, 0.717) is 11.7 Å². The van der Waals surface area contributed by atoms with Crippen LogP contribution in [0, 0.1) is 0 Å². The largest absolute Gasteiger partial charge is 0.334 e. The molecule has 1 aliphatic heterocycles. The Hall–Kier alpha value is -2.17. The summed E-state index contributed by atoms with van der Waals surface area (Å²) in [5.41, 5.74) is 1.29. The number of nitrogens with zero attached hydrogens (tertiary/aromatic N) is 4. The zero-order chi connectivity index (χ0) is 14.7. The van der Waals surface area contributed by atoms with E-state index >= 15 is 0 Å². The number of hydrogen-bond donors (Lipinski definition) is 0. The van der Waals surface area contributed by atoms with Crippen LogP contribution in [-0.2, 0) is 0 Å². The number of carbonyl (C=O) groups is 1. The molecule has 0 bridgehead atoms. The molecule has 1 saturated heterocycles. The minimum atomic E-state index is 0.00345. The number of likely N-dealkylation sites (tertiary alicyclic amines) is 1. The highest BCUT2D eigenvalue weighted by Gasteiger charge is 2.27. The van der Waals surface area contributed by atoms with Crippen molar-refractivity contribution in [3.8, 4) is 5.69 Å². The van der Waals surface area contributed by atoms with Crippen molar-refractivity contribution in [2.24, 2.45) is 0 Å². The molecule has 0 spiro atoms. The molecule has 1 atom stereocenters. The Morgan fingerprint density at radius 2 is 2.10 bits per heavy atom. The molecule has 1 fully saturated rings. The first kappa shape index (κ1) is 13.8. The molecule has 21 heavy (non-hydrogen) atoms. The monoisotopic (exact) mass is 284 g/mol. The van der Waals surface area contributed by atoms with E-state index in [-0.39, 0.29) is 5.91 Å². The maximum atomic E-state index is 12.6. The molecular weight excluding hydrogens is 264 g/mol. The molecule has 1 aliphatic rings. The number of piperidine rings is 1. The number of carbonyl (C=O) groups excluding carboxylic acids is 1. The van der Waals surface area contributed by atoms with Gasteiger partial charge in [-0.2, -0.15) is 9.90 Å². The quantitative estimate of drug-likeness (QED) is 0.870. The Balaban J connectivity index is 1.81. The third-order valence-corrected chi connectivity index (χ3v) is 4.06. The first-order valence-electron chi connectivity index (χ1n) is 7.58. The van der Waals surface area contributed by atoms with Crippen molar-refractivity contribution in [2.75, 3.05) is 6.54 Å². The highest BCUT2D eigenvalue weighted by atomic mass is 16.2. The predicted octanol–water partition coefficient (Wildman–Crippen LogP) is 2.67. The summed E-state index contributed by atoms with van der Waals surface area (Å²) in [5.74, 6) is 0.00345. The Morgan fingerprint density at radius 1 is 1.29 bits per heavy atom. The van der Waals surface area contributed by atoms with Gasteiger partial charge < -0.3 is 4.90 Å². The van der Waals surface area contributed by atoms with Crippen molar-refractivity contribution in [1.29, 1.82) is 0 Å². The maximum Gasteiger partial charge on any atom is 0.276 e. The van der Waals surface area contributed by atoms with Crippen molar-refractivity contribution in [1.82, 2.24) is 19.9 Å². The number of benzene rings is 1. The fourth-order valence-corrected chi connectivity index (χ4v) is 2.89. The smallest absolute Gasteiger partial charge is 0.276 e. The van der Waals surface area contributed by atoms with E-state index in [0.717, 1.165) is 31.5 Å². The zero-order valence-corrected chi connectivity index (χ0v) is 12.3. The van der Waals surface area contributed by atoms with Crippen LogP contribution in [0.2, 0.25) is 0 Å². The Bertz CT molecular complexity index is 608. The van der Waals surface area contributed by atoms with Gasteiger partial charge in [-0.3, -0.25) is 4.79 Å². The van der Waals surface area contributed by atoms with Crippen LogP contribution in [0.15, 0.2) is 36.5 Å². The molecule has 0 N–H and O–H groups in total. The van der Waals surface area contributed by atoms with Crippen LogP contribution in [0.1, 0.15) is 43.1 Å². The Kier molecular flexibility index (Phi) is 3.99. The van der Waals surface area contributed by atoms with Crippen molar-refractivity contribution < 1.29 is 4.79 Å². The zero-order valence-electron chi connectivity index (χ0n) is 12.3. The molecular formula is C16H20N4O. The second-order valence-corrected chi connectivity index (χ2v) is 5.41. The summed E-state index contributed by atoms with van der Waals surface area (Å²) in [6, 6.07) is 9.98. The van der Waals surface area contributed by atoms with Gasteiger partial charge in [-0.25, -0.2) is 0 Å². The van der Waals surface area contributed by atoms with Crippen molar-refractivity contribution in [2.45, 2.75) is 38.6 Å². The normalized spacial score (nSPS) is 18.7. The van der Waals surface area contributed by atoms with Crippen molar-refractivity contribution >= 4 is 5.91 Å². The summed E-state index contributed by atoms with van der Waals surface area (Å²) in [4.78, 5) is 16.1. The van der Waals surface area contributed by atoms with Crippen LogP contribution < -0.4 is 0 Å². The Morgan fingerprint density at radius 3 is 2.86 bits per heavy atom. The standard InChI is InChI=1S/C16H20N4O/c1-2-13-8-6-7-11-19(13)16(21)15-12-17-20(18-15)14-9-4-3-5-10-14/h3-5,9-10,12-13H,2,6-8,11H2,1H3. The summed E-state index contributed by atoms with van der Waals surface area (Å²) < 4.78 is 0. The molecule has 1 amide bonds.